The van der Waals surface area contributed by atoms with Gasteiger partial charge in [0.1, 0.15) is 11.5 Å². The molecule has 0 fully saturated rings. The molecule has 3 heterocycles. The van der Waals surface area contributed by atoms with E-state index in [4.69, 9.17) is 17.3 Å². The lowest BCUT2D eigenvalue weighted by molar-refractivity contribution is 0.460. The third kappa shape index (κ3) is 7.62. The number of allylic oxidation sites excluding steroid dienone is 3. The number of nitrogens with zero attached hydrogens (tertiary/aromatic N) is 3. The van der Waals surface area contributed by atoms with Gasteiger partial charge in [0.2, 0.25) is 0 Å². The van der Waals surface area contributed by atoms with Gasteiger partial charge in [0.05, 0.1) is 21.9 Å². The largest absolute Gasteiger partial charge is 0.506 e. The predicted molar refractivity (Wildman–Crippen MR) is 187 cm³/mol. The molecule has 232 valence electrons. The number of anilines is 1. The van der Waals surface area contributed by atoms with Crippen LogP contribution in [0.4, 0.5) is 5.69 Å². The number of halogens is 1. The fourth-order valence-electron chi connectivity index (χ4n) is 4.98. The van der Waals surface area contributed by atoms with Crippen LogP contribution in [0.25, 0.3) is 38.9 Å². The molecule has 5 N–H and O–H groups in total. The topological polar surface area (TPSA) is 117 Å². The molecule has 8 heteroatoms. The van der Waals surface area contributed by atoms with E-state index in [0.29, 0.717) is 22.1 Å². The van der Waals surface area contributed by atoms with Crippen molar-refractivity contribution >= 4 is 33.9 Å². The van der Waals surface area contributed by atoms with Crippen molar-refractivity contribution in [2.75, 3.05) is 12.8 Å². The van der Waals surface area contributed by atoms with Gasteiger partial charge in [0.25, 0.3) is 0 Å². The molecule has 2 aromatic carbocycles. The van der Waals surface area contributed by atoms with Crippen LogP contribution in [-0.4, -0.2) is 32.2 Å². The minimum absolute atomic E-state index is 0.181. The molecule has 5 rings (SSSR count). The van der Waals surface area contributed by atoms with Crippen molar-refractivity contribution in [3.05, 3.63) is 113 Å². The van der Waals surface area contributed by atoms with Gasteiger partial charge in [-0.05, 0) is 72.4 Å². The van der Waals surface area contributed by atoms with Crippen molar-refractivity contribution in [3.63, 3.8) is 0 Å². The van der Waals surface area contributed by atoms with Crippen molar-refractivity contribution in [2.24, 2.45) is 0 Å². The lowest BCUT2D eigenvalue weighted by Crippen LogP contribution is -2.07. The molecule has 0 bridgehead atoms. The monoisotopic (exact) mass is 621 g/mol. The molecule has 0 spiro atoms. The summed E-state index contributed by atoms with van der Waals surface area (Å²) in [5, 5.41) is 25.1. The SMILES string of the molecule is C/C=C\C=C(\NC)c1cc(-c2cnc(C(C)C)c(O)c2)ccc1N.CC(C)c1ncc(-c2ccnc3c(Cl)cccc23)cc1O. The van der Waals surface area contributed by atoms with Crippen LogP contribution in [-0.2, 0) is 0 Å². The normalized spacial score (nSPS) is 11.7. The van der Waals surface area contributed by atoms with Gasteiger partial charge in [0.15, 0.2) is 0 Å². The number of nitrogen functional groups attached to an aromatic ring is 1. The number of benzene rings is 2. The van der Waals surface area contributed by atoms with Crippen LogP contribution in [0.5, 0.6) is 11.5 Å². The maximum atomic E-state index is 10.2. The minimum atomic E-state index is 0.181. The maximum Gasteiger partial charge on any atom is 0.137 e. The Morgan fingerprint density at radius 2 is 1.49 bits per heavy atom. The van der Waals surface area contributed by atoms with Crippen LogP contribution in [0.3, 0.4) is 0 Å². The van der Waals surface area contributed by atoms with E-state index < -0.39 is 0 Å². The molecule has 0 amide bonds. The number of nitrogens with two attached hydrogens (primary N) is 1. The number of para-hydroxylation sites is 1. The number of aromatic nitrogens is 3. The highest BCUT2D eigenvalue weighted by Crippen LogP contribution is 2.34. The number of nitrogens with one attached hydrogen (secondary N) is 1. The quantitative estimate of drug-likeness (QED) is 0.106. The number of aromatic hydroxyl groups is 2. The van der Waals surface area contributed by atoms with Gasteiger partial charge in [-0.25, -0.2) is 0 Å². The van der Waals surface area contributed by atoms with E-state index in [-0.39, 0.29) is 23.3 Å². The maximum absolute atomic E-state index is 10.2. The van der Waals surface area contributed by atoms with Gasteiger partial charge in [-0.15, -0.1) is 0 Å². The molecule has 0 aliphatic rings. The summed E-state index contributed by atoms with van der Waals surface area (Å²) in [6.07, 6.45) is 11.2. The van der Waals surface area contributed by atoms with Crippen molar-refractivity contribution < 1.29 is 10.2 Å². The molecule has 3 aromatic heterocycles. The number of pyridine rings is 3. The smallest absolute Gasteiger partial charge is 0.137 e. The Morgan fingerprint density at radius 1 is 0.844 bits per heavy atom. The predicted octanol–water partition coefficient (Wildman–Crippen LogP) is 9.08. The van der Waals surface area contributed by atoms with Crippen molar-refractivity contribution in [1.29, 1.82) is 0 Å². The Bertz CT molecular complexity index is 1860. The lowest BCUT2D eigenvalue weighted by atomic mass is 9.99. The molecule has 0 saturated carbocycles. The van der Waals surface area contributed by atoms with E-state index in [1.165, 1.54) is 0 Å². The first kappa shape index (κ1) is 33.0. The summed E-state index contributed by atoms with van der Waals surface area (Å²) >= 11 is 6.19. The van der Waals surface area contributed by atoms with E-state index in [2.05, 4.69) is 20.3 Å². The van der Waals surface area contributed by atoms with Crippen LogP contribution >= 0.6 is 11.6 Å². The Kier molecular flexibility index (Phi) is 10.8. The van der Waals surface area contributed by atoms with E-state index in [1.807, 2.05) is 102 Å². The molecule has 45 heavy (non-hydrogen) atoms. The summed E-state index contributed by atoms with van der Waals surface area (Å²) in [5.41, 5.74) is 14.5. The number of hydrogen-bond donors (Lipinski definition) is 4. The highest BCUT2D eigenvalue weighted by molar-refractivity contribution is 6.35. The van der Waals surface area contributed by atoms with Gasteiger partial charge in [-0.2, -0.15) is 0 Å². The van der Waals surface area contributed by atoms with Crippen LogP contribution in [0.2, 0.25) is 5.02 Å². The zero-order valence-electron chi connectivity index (χ0n) is 26.5. The van der Waals surface area contributed by atoms with E-state index in [9.17, 15) is 10.2 Å². The minimum Gasteiger partial charge on any atom is -0.506 e. The van der Waals surface area contributed by atoms with Gasteiger partial charge in [-0.1, -0.05) is 69.6 Å². The van der Waals surface area contributed by atoms with E-state index in [1.54, 1.807) is 30.7 Å². The third-order valence-electron chi connectivity index (χ3n) is 7.32. The van der Waals surface area contributed by atoms with Crippen LogP contribution in [0.15, 0.2) is 91.4 Å². The van der Waals surface area contributed by atoms with Crippen molar-refractivity contribution in [2.45, 2.75) is 46.5 Å². The zero-order valence-corrected chi connectivity index (χ0v) is 27.3. The summed E-state index contributed by atoms with van der Waals surface area (Å²) < 4.78 is 0. The first-order chi connectivity index (χ1) is 21.5. The fraction of sp³-hybridized carbons (Fsp3) is 0.216. The Labute approximate surface area is 270 Å². The van der Waals surface area contributed by atoms with Gasteiger partial charge in [0, 0.05) is 59.1 Å². The fourth-order valence-corrected chi connectivity index (χ4v) is 5.21. The van der Waals surface area contributed by atoms with Gasteiger partial charge >= 0.3 is 0 Å². The second kappa shape index (κ2) is 14.7. The lowest BCUT2D eigenvalue weighted by Gasteiger charge is -2.13. The summed E-state index contributed by atoms with van der Waals surface area (Å²) in [6, 6.07) is 16.9. The molecule has 0 aliphatic heterocycles. The number of fused-ring (bicyclic) bond motifs is 1. The molecule has 0 saturated heterocycles. The number of rotatable bonds is 7. The molecular weight excluding hydrogens is 582 g/mol. The second-order valence-electron chi connectivity index (χ2n) is 11.2. The van der Waals surface area contributed by atoms with Crippen LogP contribution < -0.4 is 11.1 Å². The Morgan fingerprint density at radius 3 is 2.09 bits per heavy atom. The first-order valence-electron chi connectivity index (χ1n) is 14.9. The third-order valence-corrected chi connectivity index (χ3v) is 7.63. The first-order valence-corrected chi connectivity index (χ1v) is 15.3. The van der Waals surface area contributed by atoms with Gasteiger partial charge < -0.3 is 21.3 Å². The molecular formula is C37H40ClN5O2. The molecule has 0 unspecified atom stereocenters. The van der Waals surface area contributed by atoms with Crippen LogP contribution in [0, 0.1) is 0 Å². The van der Waals surface area contributed by atoms with E-state index >= 15 is 0 Å². The Hall–Kier alpha value is -4.88. The standard InChI is InChI=1S/C20H25N3O.C17H15ClN2O/c1-5-6-7-18(22-4)16-10-14(8-9-17(16)21)15-11-19(24)20(13(2)3)23-12-15;1-10(2)16-15(21)8-11(9-20-16)12-6-7-19-17-13(12)4-3-5-14(17)18/h5-13,22,24H,21H2,1-4H3;3-10,21H,1-2H3/b6-5-,18-7+;. The summed E-state index contributed by atoms with van der Waals surface area (Å²) in [7, 11) is 1.87. The van der Waals surface area contributed by atoms with Crippen LogP contribution in [0.1, 0.15) is 63.4 Å². The summed E-state index contributed by atoms with van der Waals surface area (Å²) in [4.78, 5) is 13.1. The highest BCUT2D eigenvalue weighted by atomic mass is 35.5. The molecule has 0 radical (unpaired) electrons. The molecule has 5 aromatic rings. The van der Waals surface area contributed by atoms with Gasteiger partial charge in [-0.3, -0.25) is 15.0 Å². The van der Waals surface area contributed by atoms with E-state index in [0.717, 1.165) is 44.4 Å². The highest BCUT2D eigenvalue weighted by Gasteiger charge is 2.13. The summed E-state index contributed by atoms with van der Waals surface area (Å²) in [6.45, 7) is 9.99. The van der Waals surface area contributed by atoms with Crippen molar-refractivity contribution in [1.82, 2.24) is 20.3 Å². The Balaban J connectivity index is 0.000000206. The molecule has 7 nitrogen and oxygen atoms in total. The zero-order chi connectivity index (χ0) is 32.7. The average Bonchev–Trinajstić information content (AvgIpc) is 3.02. The molecule has 0 atom stereocenters. The summed E-state index contributed by atoms with van der Waals surface area (Å²) in [5.74, 6) is 0.803. The average molecular weight is 622 g/mol. The molecule has 0 aliphatic carbocycles. The number of hydrogen-bond acceptors (Lipinski definition) is 7. The second-order valence-corrected chi connectivity index (χ2v) is 11.6. The van der Waals surface area contributed by atoms with Crippen molar-refractivity contribution in [3.8, 4) is 33.8 Å².